The Kier molecular flexibility index (Phi) is 9.48. The number of benzene rings is 1. The zero-order valence-electron chi connectivity index (χ0n) is 12.9. The number of amides is 1. The number of carbonyl (C=O) groups is 1. The molecule has 0 spiro atoms. The van der Waals surface area contributed by atoms with Crippen LogP contribution in [0.1, 0.15) is 6.92 Å². The van der Waals surface area contributed by atoms with Gasteiger partial charge < -0.3 is 24.3 Å². The molecule has 6 heteroatoms. The Morgan fingerprint density at radius 2 is 1.64 bits per heavy atom. The molecule has 1 aromatic rings. The first-order valence-corrected chi connectivity index (χ1v) is 7.11. The van der Waals surface area contributed by atoms with Crippen molar-refractivity contribution in [1.29, 1.82) is 0 Å². The van der Waals surface area contributed by atoms with Crippen molar-refractivity contribution in [2.75, 3.05) is 45.0 Å². The lowest BCUT2D eigenvalue weighted by atomic mass is 10.3. The van der Waals surface area contributed by atoms with Gasteiger partial charge in [-0.1, -0.05) is 6.58 Å². The highest BCUT2D eigenvalue weighted by Crippen LogP contribution is 2.15. The molecule has 0 aliphatic heterocycles. The molecule has 0 aliphatic carbocycles. The highest BCUT2D eigenvalue weighted by Gasteiger charge is 1.97. The molecule has 1 aromatic carbocycles. The Morgan fingerprint density at radius 3 is 2.23 bits per heavy atom. The molecule has 0 heterocycles. The maximum Gasteiger partial charge on any atom is 0.221 e. The minimum atomic E-state index is -0.0969. The highest BCUT2D eigenvalue weighted by molar-refractivity contribution is 5.88. The zero-order valence-corrected chi connectivity index (χ0v) is 12.9. The van der Waals surface area contributed by atoms with E-state index >= 15 is 0 Å². The molecule has 0 aliphatic rings. The third kappa shape index (κ3) is 8.99. The van der Waals surface area contributed by atoms with E-state index in [1.54, 1.807) is 24.3 Å². The number of hydrogen-bond acceptors (Lipinski definition) is 5. The number of anilines is 1. The molecule has 0 saturated heterocycles. The minimum absolute atomic E-state index is 0.0969. The largest absolute Gasteiger partial charge is 0.499 e. The summed E-state index contributed by atoms with van der Waals surface area (Å²) >= 11 is 0. The molecule has 0 bridgehead atoms. The van der Waals surface area contributed by atoms with Gasteiger partial charge in [-0.3, -0.25) is 4.79 Å². The van der Waals surface area contributed by atoms with Crippen molar-refractivity contribution in [3.63, 3.8) is 0 Å². The third-order valence-electron chi connectivity index (χ3n) is 2.51. The molecule has 1 rings (SSSR count). The van der Waals surface area contributed by atoms with Crippen molar-refractivity contribution in [2.24, 2.45) is 0 Å². The Bertz CT molecular complexity index is 433. The first-order chi connectivity index (χ1) is 10.7. The molecule has 0 saturated carbocycles. The van der Waals surface area contributed by atoms with Gasteiger partial charge in [-0.15, -0.1) is 0 Å². The molecule has 0 radical (unpaired) electrons. The van der Waals surface area contributed by atoms with Crippen LogP contribution in [-0.4, -0.2) is 45.5 Å². The van der Waals surface area contributed by atoms with Crippen LogP contribution in [-0.2, 0) is 19.0 Å². The van der Waals surface area contributed by atoms with Gasteiger partial charge in [-0.2, -0.15) is 0 Å². The third-order valence-corrected chi connectivity index (χ3v) is 2.51. The average molecular weight is 309 g/mol. The maximum atomic E-state index is 10.9. The predicted molar refractivity (Wildman–Crippen MR) is 84.0 cm³/mol. The summed E-state index contributed by atoms with van der Waals surface area (Å²) in [7, 11) is 0. The summed E-state index contributed by atoms with van der Waals surface area (Å²) in [5.74, 6) is 0.635. The monoisotopic (exact) mass is 309 g/mol. The van der Waals surface area contributed by atoms with Gasteiger partial charge in [-0.05, 0) is 24.3 Å². The van der Waals surface area contributed by atoms with Crippen LogP contribution in [0.25, 0.3) is 0 Å². The summed E-state index contributed by atoms with van der Waals surface area (Å²) in [4.78, 5) is 10.9. The highest BCUT2D eigenvalue weighted by atomic mass is 16.6. The van der Waals surface area contributed by atoms with Crippen molar-refractivity contribution < 1.29 is 23.7 Å². The summed E-state index contributed by atoms with van der Waals surface area (Å²) in [6.45, 7) is 7.90. The molecule has 0 atom stereocenters. The summed E-state index contributed by atoms with van der Waals surface area (Å²) in [5.41, 5.74) is 0.744. The normalized spacial score (nSPS) is 10.0. The number of rotatable bonds is 12. The molecule has 22 heavy (non-hydrogen) atoms. The Hall–Kier alpha value is -2.05. The first-order valence-electron chi connectivity index (χ1n) is 7.11. The van der Waals surface area contributed by atoms with Crippen molar-refractivity contribution in [2.45, 2.75) is 6.92 Å². The van der Waals surface area contributed by atoms with E-state index < -0.39 is 0 Å². The average Bonchev–Trinajstić information content (AvgIpc) is 2.50. The fraction of sp³-hybridized carbons (Fsp3) is 0.438. The van der Waals surface area contributed by atoms with E-state index in [1.807, 2.05) is 0 Å². The van der Waals surface area contributed by atoms with E-state index in [2.05, 4.69) is 11.9 Å². The van der Waals surface area contributed by atoms with Gasteiger partial charge >= 0.3 is 0 Å². The molecule has 1 N–H and O–H groups in total. The van der Waals surface area contributed by atoms with Gasteiger partial charge in [-0.25, -0.2) is 0 Å². The molecule has 0 unspecified atom stereocenters. The van der Waals surface area contributed by atoms with Crippen LogP contribution in [0.3, 0.4) is 0 Å². The van der Waals surface area contributed by atoms with Gasteiger partial charge in [0.05, 0.1) is 32.7 Å². The Morgan fingerprint density at radius 1 is 1.05 bits per heavy atom. The van der Waals surface area contributed by atoms with Gasteiger partial charge in [0, 0.05) is 12.6 Å². The lowest BCUT2D eigenvalue weighted by Gasteiger charge is -2.08. The fourth-order valence-corrected chi connectivity index (χ4v) is 1.57. The van der Waals surface area contributed by atoms with Crippen molar-refractivity contribution >= 4 is 11.6 Å². The summed E-state index contributed by atoms with van der Waals surface area (Å²) in [5, 5.41) is 2.69. The second-order valence-electron chi connectivity index (χ2n) is 4.32. The van der Waals surface area contributed by atoms with Gasteiger partial charge in [0.1, 0.15) is 19.0 Å². The Balaban J connectivity index is 2.00. The lowest BCUT2D eigenvalue weighted by Crippen LogP contribution is -2.12. The molecule has 122 valence electrons. The maximum absolute atomic E-state index is 10.9. The number of ether oxygens (including phenoxy) is 4. The van der Waals surface area contributed by atoms with Crippen LogP contribution >= 0.6 is 0 Å². The van der Waals surface area contributed by atoms with Crippen molar-refractivity contribution in [3.05, 3.63) is 37.1 Å². The first kappa shape index (κ1) is 18.0. The molecular formula is C16H23NO5. The molecule has 0 aromatic heterocycles. The summed E-state index contributed by atoms with van der Waals surface area (Å²) in [6, 6.07) is 7.18. The smallest absolute Gasteiger partial charge is 0.221 e. The van der Waals surface area contributed by atoms with E-state index in [0.717, 1.165) is 11.4 Å². The summed E-state index contributed by atoms with van der Waals surface area (Å²) < 4.78 is 21.1. The van der Waals surface area contributed by atoms with E-state index in [9.17, 15) is 4.79 Å². The van der Waals surface area contributed by atoms with Crippen LogP contribution in [0.2, 0.25) is 0 Å². The molecule has 6 nitrogen and oxygen atoms in total. The van der Waals surface area contributed by atoms with Crippen LogP contribution in [0.5, 0.6) is 5.75 Å². The lowest BCUT2D eigenvalue weighted by molar-refractivity contribution is -0.114. The minimum Gasteiger partial charge on any atom is -0.499 e. The van der Waals surface area contributed by atoms with Gasteiger partial charge in [0.25, 0.3) is 0 Å². The van der Waals surface area contributed by atoms with Crippen LogP contribution in [0.15, 0.2) is 37.1 Å². The molecular weight excluding hydrogens is 286 g/mol. The SMILES string of the molecule is C=COCCOCCOCCOc1ccc(NC(C)=O)cc1. The molecule has 1 amide bonds. The van der Waals surface area contributed by atoms with Crippen molar-refractivity contribution in [3.8, 4) is 5.75 Å². The quantitative estimate of drug-likeness (QED) is 0.474. The van der Waals surface area contributed by atoms with Crippen LogP contribution in [0.4, 0.5) is 5.69 Å². The number of carbonyl (C=O) groups excluding carboxylic acids is 1. The van der Waals surface area contributed by atoms with Crippen molar-refractivity contribution in [1.82, 2.24) is 0 Å². The molecule has 0 fully saturated rings. The van der Waals surface area contributed by atoms with E-state index in [4.69, 9.17) is 18.9 Å². The Labute approximate surface area is 131 Å². The standard InChI is InChI=1S/C16H23NO5/c1-3-19-8-9-20-10-11-21-12-13-22-16-6-4-15(5-7-16)17-14(2)18/h3-7H,1,8-13H2,2H3,(H,17,18). The van der Waals surface area contributed by atoms with Gasteiger partial charge in [0.15, 0.2) is 0 Å². The zero-order chi connectivity index (χ0) is 16.0. The van der Waals surface area contributed by atoms with Gasteiger partial charge in [0.2, 0.25) is 5.91 Å². The summed E-state index contributed by atoms with van der Waals surface area (Å²) in [6.07, 6.45) is 1.39. The van der Waals surface area contributed by atoms with E-state index in [0.29, 0.717) is 39.6 Å². The number of nitrogens with one attached hydrogen (secondary N) is 1. The van der Waals surface area contributed by atoms with Crippen LogP contribution in [0, 0.1) is 0 Å². The second kappa shape index (κ2) is 11.6. The van der Waals surface area contributed by atoms with E-state index in [1.165, 1.54) is 13.2 Å². The second-order valence-corrected chi connectivity index (χ2v) is 4.32. The van der Waals surface area contributed by atoms with Crippen LogP contribution < -0.4 is 10.1 Å². The predicted octanol–water partition coefficient (Wildman–Crippen LogP) is 2.22. The topological polar surface area (TPSA) is 66.0 Å². The fourth-order valence-electron chi connectivity index (χ4n) is 1.57. The number of hydrogen-bond donors (Lipinski definition) is 1. The van der Waals surface area contributed by atoms with E-state index in [-0.39, 0.29) is 5.91 Å².